The van der Waals surface area contributed by atoms with Crippen LogP contribution in [0.15, 0.2) is 28.8 Å². The number of nitrogens with one attached hydrogen (secondary N) is 2. The molecule has 0 radical (unpaired) electrons. The van der Waals surface area contributed by atoms with Crippen molar-refractivity contribution in [2.75, 3.05) is 55.0 Å². The number of sulfonamides is 1. The van der Waals surface area contributed by atoms with Gasteiger partial charge in [-0.05, 0) is 30.2 Å². The molecule has 0 aliphatic carbocycles. The summed E-state index contributed by atoms with van der Waals surface area (Å²) >= 11 is 0. The maximum absolute atomic E-state index is 12.5. The van der Waals surface area contributed by atoms with Gasteiger partial charge in [-0.15, -0.1) is 5.10 Å². The number of nitrogens with zero attached hydrogens (tertiary/aromatic N) is 4. The SMILES string of the molecule is CCCS(=O)(=O)Nc1cc(-c2cc(-c3nnc(N4CCNC(=O)C4)o3)cnc2N)cc(OC)c1OC. The van der Waals surface area contributed by atoms with Gasteiger partial charge in [0.05, 0.1) is 31.2 Å². The van der Waals surface area contributed by atoms with E-state index in [4.69, 9.17) is 19.6 Å². The molecule has 36 heavy (non-hydrogen) atoms. The molecule has 4 rings (SSSR count). The highest BCUT2D eigenvalue weighted by atomic mass is 32.2. The largest absolute Gasteiger partial charge is 0.493 e. The number of ether oxygens (including phenoxy) is 2. The Labute approximate surface area is 208 Å². The number of piperazine rings is 1. The minimum atomic E-state index is -3.61. The zero-order valence-electron chi connectivity index (χ0n) is 20.1. The third-order valence-electron chi connectivity index (χ3n) is 5.42. The molecule has 1 aliphatic heterocycles. The van der Waals surface area contributed by atoms with Crippen molar-refractivity contribution in [3.8, 4) is 34.1 Å². The number of benzene rings is 1. The van der Waals surface area contributed by atoms with Crippen LogP contribution in [0.5, 0.6) is 11.5 Å². The summed E-state index contributed by atoms with van der Waals surface area (Å²) in [5, 5.41) is 10.9. The van der Waals surface area contributed by atoms with Gasteiger partial charge < -0.3 is 29.8 Å². The molecule has 4 N–H and O–H groups in total. The van der Waals surface area contributed by atoms with Crippen LogP contribution in [0.1, 0.15) is 13.3 Å². The van der Waals surface area contributed by atoms with E-state index in [-0.39, 0.29) is 47.4 Å². The van der Waals surface area contributed by atoms with Crippen molar-refractivity contribution in [2.45, 2.75) is 13.3 Å². The molecule has 3 aromatic rings. The molecule has 1 amide bonds. The highest BCUT2D eigenvalue weighted by Gasteiger charge is 2.23. The highest BCUT2D eigenvalue weighted by Crippen LogP contribution is 2.42. The zero-order valence-corrected chi connectivity index (χ0v) is 20.9. The molecule has 14 heteroatoms. The van der Waals surface area contributed by atoms with Gasteiger partial charge in [0.25, 0.3) is 5.89 Å². The predicted molar refractivity (Wildman–Crippen MR) is 133 cm³/mol. The second kappa shape index (κ2) is 10.3. The lowest BCUT2D eigenvalue weighted by Gasteiger charge is -2.24. The van der Waals surface area contributed by atoms with Crippen LogP contribution < -0.4 is 30.1 Å². The Balaban J connectivity index is 1.73. The first kappa shape index (κ1) is 25.0. The van der Waals surface area contributed by atoms with Crippen LogP contribution in [0.4, 0.5) is 17.5 Å². The maximum atomic E-state index is 12.5. The predicted octanol–water partition coefficient (Wildman–Crippen LogP) is 1.49. The average Bonchev–Trinajstić information content (AvgIpc) is 3.34. The van der Waals surface area contributed by atoms with Crippen molar-refractivity contribution in [3.05, 3.63) is 24.4 Å². The van der Waals surface area contributed by atoms with Crippen molar-refractivity contribution in [1.82, 2.24) is 20.5 Å². The van der Waals surface area contributed by atoms with E-state index in [1.165, 1.54) is 20.4 Å². The number of anilines is 3. The minimum absolute atomic E-state index is 0.0555. The summed E-state index contributed by atoms with van der Waals surface area (Å²) in [6.45, 7) is 2.91. The Bertz CT molecular complexity index is 1380. The normalized spacial score (nSPS) is 13.9. The second-order valence-electron chi connectivity index (χ2n) is 8.00. The lowest BCUT2D eigenvalue weighted by molar-refractivity contribution is -0.120. The Morgan fingerprint density at radius 3 is 2.69 bits per heavy atom. The van der Waals surface area contributed by atoms with Crippen molar-refractivity contribution < 1.29 is 27.1 Å². The van der Waals surface area contributed by atoms with E-state index in [1.54, 1.807) is 30.0 Å². The summed E-state index contributed by atoms with van der Waals surface area (Å²) in [6, 6.07) is 5.18. The molecule has 0 atom stereocenters. The number of hydrogen-bond acceptors (Lipinski definition) is 11. The van der Waals surface area contributed by atoms with E-state index in [1.807, 2.05) is 0 Å². The number of methoxy groups -OCH3 is 2. The molecule has 0 bridgehead atoms. The van der Waals surface area contributed by atoms with E-state index >= 15 is 0 Å². The van der Waals surface area contributed by atoms with Crippen LogP contribution in [0.2, 0.25) is 0 Å². The minimum Gasteiger partial charge on any atom is -0.493 e. The van der Waals surface area contributed by atoms with Crippen LogP contribution in [-0.4, -0.2) is 69.1 Å². The number of pyridine rings is 1. The third kappa shape index (κ3) is 5.27. The molecular weight excluding hydrogens is 490 g/mol. The molecule has 2 aromatic heterocycles. The summed E-state index contributed by atoms with van der Waals surface area (Å²) in [6.07, 6.45) is 1.94. The Kier molecular flexibility index (Phi) is 7.15. The summed E-state index contributed by atoms with van der Waals surface area (Å²) in [7, 11) is -0.743. The lowest BCUT2D eigenvalue weighted by atomic mass is 10.0. The second-order valence-corrected chi connectivity index (χ2v) is 9.84. The summed E-state index contributed by atoms with van der Waals surface area (Å²) in [5.41, 5.74) is 7.89. The average molecular weight is 518 g/mol. The van der Waals surface area contributed by atoms with Crippen LogP contribution >= 0.6 is 0 Å². The molecule has 3 heterocycles. The monoisotopic (exact) mass is 517 g/mol. The van der Waals surface area contributed by atoms with Gasteiger partial charge in [-0.25, -0.2) is 13.4 Å². The van der Waals surface area contributed by atoms with Gasteiger partial charge in [-0.3, -0.25) is 9.52 Å². The molecule has 1 fully saturated rings. The van der Waals surface area contributed by atoms with E-state index in [0.29, 0.717) is 42.0 Å². The molecule has 1 aromatic carbocycles. The summed E-state index contributed by atoms with van der Waals surface area (Å²) < 4.78 is 44.2. The fourth-order valence-corrected chi connectivity index (χ4v) is 4.89. The molecule has 0 saturated carbocycles. The fraction of sp³-hybridized carbons (Fsp3) is 0.364. The number of carbonyl (C=O) groups is 1. The quantitative estimate of drug-likeness (QED) is 0.375. The van der Waals surface area contributed by atoms with E-state index in [0.717, 1.165) is 0 Å². The number of hydrogen-bond donors (Lipinski definition) is 3. The van der Waals surface area contributed by atoms with Gasteiger partial charge in [0.15, 0.2) is 11.5 Å². The number of carbonyl (C=O) groups excluding carboxylic acids is 1. The van der Waals surface area contributed by atoms with E-state index in [9.17, 15) is 13.2 Å². The Morgan fingerprint density at radius 1 is 1.19 bits per heavy atom. The molecule has 1 saturated heterocycles. The fourth-order valence-electron chi connectivity index (χ4n) is 3.77. The van der Waals surface area contributed by atoms with Gasteiger partial charge in [0, 0.05) is 24.8 Å². The number of amides is 1. The molecular formula is C22H27N7O6S. The highest BCUT2D eigenvalue weighted by molar-refractivity contribution is 7.92. The van der Waals surface area contributed by atoms with Gasteiger partial charge in [0.1, 0.15) is 12.4 Å². The van der Waals surface area contributed by atoms with Crippen molar-refractivity contribution in [1.29, 1.82) is 0 Å². The van der Waals surface area contributed by atoms with Gasteiger partial charge in [-0.1, -0.05) is 12.0 Å². The zero-order chi connectivity index (χ0) is 25.9. The van der Waals surface area contributed by atoms with Gasteiger partial charge in [-0.2, -0.15) is 0 Å². The summed E-state index contributed by atoms with van der Waals surface area (Å²) in [5.74, 6) is 0.736. The molecule has 192 valence electrons. The third-order valence-corrected chi connectivity index (χ3v) is 6.89. The lowest BCUT2D eigenvalue weighted by Crippen LogP contribution is -2.47. The molecule has 1 aliphatic rings. The maximum Gasteiger partial charge on any atom is 0.318 e. The van der Waals surface area contributed by atoms with Crippen LogP contribution in [0, 0.1) is 0 Å². The van der Waals surface area contributed by atoms with Gasteiger partial charge >= 0.3 is 6.01 Å². The van der Waals surface area contributed by atoms with E-state index in [2.05, 4.69) is 25.2 Å². The first-order valence-electron chi connectivity index (χ1n) is 11.1. The number of nitrogen functional groups attached to an aromatic ring is 1. The standard InChI is InChI=1S/C22H27N7O6S/c1-4-7-36(31,32)28-16-9-13(10-17(33-2)19(16)34-3)15-8-14(11-25-20(15)23)21-26-27-22(35-21)29-6-5-24-18(30)12-29/h8-11,28H,4-7,12H2,1-3H3,(H2,23,25)(H,24,30). The molecule has 0 unspecified atom stereocenters. The molecule has 13 nitrogen and oxygen atoms in total. The van der Waals surface area contributed by atoms with Crippen molar-refractivity contribution in [2.24, 2.45) is 0 Å². The first-order valence-corrected chi connectivity index (χ1v) is 12.8. The number of rotatable bonds is 9. The topological polar surface area (TPSA) is 175 Å². The smallest absolute Gasteiger partial charge is 0.318 e. The van der Waals surface area contributed by atoms with Gasteiger partial charge in [0.2, 0.25) is 15.9 Å². The molecule has 0 spiro atoms. The Hall–Kier alpha value is -4.07. The number of nitrogens with two attached hydrogens (primary N) is 1. The van der Waals surface area contributed by atoms with Crippen LogP contribution in [0.3, 0.4) is 0 Å². The van der Waals surface area contributed by atoms with Crippen LogP contribution in [-0.2, 0) is 14.8 Å². The Morgan fingerprint density at radius 2 is 2.00 bits per heavy atom. The summed E-state index contributed by atoms with van der Waals surface area (Å²) in [4.78, 5) is 17.6. The van der Waals surface area contributed by atoms with Crippen LogP contribution in [0.25, 0.3) is 22.6 Å². The van der Waals surface area contributed by atoms with E-state index < -0.39 is 10.0 Å². The number of aromatic nitrogens is 3. The van der Waals surface area contributed by atoms with Crippen molar-refractivity contribution in [3.63, 3.8) is 0 Å². The first-order chi connectivity index (χ1) is 17.2. The van der Waals surface area contributed by atoms with Crippen molar-refractivity contribution >= 4 is 33.5 Å².